The maximum Gasteiger partial charge on any atom is 0.237 e. The smallest absolute Gasteiger partial charge is 0.237 e. The maximum atomic E-state index is 11.8. The van der Waals surface area contributed by atoms with Crippen molar-refractivity contribution < 1.29 is 18.3 Å². The number of aliphatic hydroxyl groups excluding tert-OH is 1. The minimum atomic E-state index is -3.27. The fourth-order valence-electron chi connectivity index (χ4n) is 4.18. The molecule has 0 bridgehead atoms. The Morgan fingerprint density at radius 2 is 2.00 bits per heavy atom. The van der Waals surface area contributed by atoms with Gasteiger partial charge in [0.05, 0.1) is 30.3 Å². The van der Waals surface area contributed by atoms with Gasteiger partial charge in [0.1, 0.15) is 17.7 Å². The molecule has 0 saturated carbocycles. The molecule has 11 heteroatoms. The third-order valence-corrected chi connectivity index (χ3v) is 7.02. The number of nitrogens with zero attached hydrogens (tertiary/aromatic N) is 6. The maximum absolute atomic E-state index is 11.8. The van der Waals surface area contributed by atoms with Crippen molar-refractivity contribution in [2.24, 2.45) is 0 Å². The number of rotatable bonds is 4. The number of hydrogen-bond acceptors (Lipinski definition) is 9. The van der Waals surface area contributed by atoms with Gasteiger partial charge in [-0.05, 0) is 24.6 Å². The van der Waals surface area contributed by atoms with Crippen molar-refractivity contribution in [2.45, 2.75) is 30.6 Å². The number of hydrogen-bond donors (Lipinski definition) is 1. The summed E-state index contributed by atoms with van der Waals surface area (Å²) in [6.45, 7) is 3.81. The summed E-state index contributed by atoms with van der Waals surface area (Å²) in [4.78, 5) is 17.8. The standard InChI is InChI=1S/C21H24N6O4S/c1-14-22-7-8-25(14)21-23-11-17-19(24-21)26-9-10-31-13-18(26)20(28)27(17)12-15-3-5-16(6-4-15)32(2,29)30/h3-8,11,18,20,28H,9-10,12-13H2,1-2H3. The van der Waals surface area contributed by atoms with Crippen LogP contribution in [0.5, 0.6) is 0 Å². The minimum Gasteiger partial charge on any atom is -0.377 e. The molecule has 0 spiro atoms. The lowest BCUT2D eigenvalue weighted by Crippen LogP contribution is -2.61. The second kappa shape index (κ2) is 7.84. The van der Waals surface area contributed by atoms with Gasteiger partial charge in [-0.25, -0.2) is 18.4 Å². The zero-order chi connectivity index (χ0) is 22.5. The lowest BCUT2D eigenvalue weighted by atomic mass is 10.1. The first-order valence-corrected chi connectivity index (χ1v) is 12.2. The average molecular weight is 457 g/mol. The first-order chi connectivity index (χ1) is 15.3. The van der Waals surface area contributed by atoms with Crippen LogP contribution in [-0.4, -0.2) is 71.3 Å². The van der Waals surface area contributed by atoms with Crippen LogP contribution in [0.3, 0.4) is 0 Å². The summed E-state index contributed by atoms with van der Waals surface area (Å²) in [6.07, 6.45) is 5.58. The summed E-state index contributed by atoms with van der Waals surface area (Å²) in [7, 11) is -3.27. The van der Waals surface area contributed by atoms with Crippen molar-refractivity contribution >= 4 is 21.3 Å². The quantitative estimate of drug-likeness (QED) is 0.612. The van der Waals surface area contributed by atoms with E-state index >= 15 is 0 Å². The third kappa shape index (κ3) is 3.61. The Labute approximate surface area is 186 Å². The molecule has 2 aliphatic heterocycles. The van der Waals surface area contributed by atoms with Gasteiger partial charge in [-0.3, -0.25) is 4.57 Å². The van der Waals surface area contributed by atoms with Gasteiger partial charge >= 0.3 is 0 Å². The Kier molecular flexibility index (Phi) is 5.11. The van der Waals surface area contributed by atoms with E-state index in [0.29, 0.717) is 37.9 Å². The second-order valence-electron chi connectivity index (χ2n) is 8.02. The molecule has 1 aromatic carbocycles. The first kappa shape index (κ1) is 20.9. The number of ether oxygens (including phenoxy) is 1. The normalized spacial score (nSPS) is 20.7. The predicted molar refractivity (Wildman–Crippen MR) is 118 cm³/mol. The molecule has 2 unspecified atom stereocenters. The molecule has 1 saturated heterocycles. The van der Waals surface area contributed by atoms with Gasteiger partial charge in [-0.2, -0.15) is 4.98 Å². The van der Waals surface area contributed by atoms with Gasteiger partial charge in [0.15, 0.2) is 15.7 Å². The van der Waals surface area contributed by atoms with Crippen molar-refractivity contribution in [1.29, 1.82) is 0 Å². The molecule has 4 heterocycles. The van der Waals surface area contributed by atoms with E-state index in [1.807, 2.05) is 22.6 Å². The highest BCUT2D eigenvalue weighted by atomic mass is 32.2. The van der Waals surface area contributed by atoms with Gasteiger partial charge in [-0.1, -0.05) is 12.1 Å². The van der Waals surface area contributed by atoms with Crippen LogP contribution in [0.4, 0.5) is 11.5 Å². The Bertz CT molecular complexity index is 1240. The third-order valence-electron chi connectivity index (χ3n) is 5.89. The second-order valence-corrected chi connectivity index (χ2v) is 10.0. The molecule has 1 fully saturated rings. The van der Waals surface area contributed by atoms with Crippen molar-refractivity contribution in [2.75, 3.05) is 35.8 Å². The van der Waals surface area contributed by atoms with Crippen LogP contribution < -0.4 is 9.80 Å². The van der Waals surface area contributed by atoms with E-state index in [1.54, 1.807) is 36.7 Å². The van der Waals surface area contributed by atoms with Gasteiger partial charge in [-0.15, -0.1) is 0 Å². The van der Waals surface area contributed by atoms with E-state index in [1.165, 1.54) is 6.26 Å². The lowest BCUT2D eigenvalue weighted by Gasteiger charge is -2.48. The largest absolute Gasteiger partial charge is 0.377 e. The molecule has 168 valence electrons. The topological polar surface area (TPSA) is 114 Å². The van der Waals surface area contributed by atoms with Crippen molar-refractivity contribution in [3.63, 3.8) is 0 Å². The average Bonchev–Trinajstić information content (AvgIpc) is 3.22. The number of aliphatic hydroxyl groups is 1. The van der Waals surface area contributed by atoms with Crippen molar-refractivity contribution in [1.82, 2.24) is 19.5 Å². The van der Waals surface area contributed by atoms with Crippen LogP contribution in [-0.2, 0) is 21.1 Å². The highest BCUT2D eigenvalue weighted by Crippen LogP contribution is 2.38. The van der Waals surface area contributed by atoms with Crippen LogP contribution in [0, 0.1) is 6.92 Å². The summed E-state index contributed by atoms with van der Waals surface area (Å²) >= 11 is 0. The number of morpholine rings is 1. The van der Waals surface area contributed by atoms with E-state index in [2.05, 4.69) is 14.9 Å². The number of anilines is 2. The SMILES string of the molecule is Cc1nccn1-c1ncc2c(n1)N1CCOCC1C(O)N2Cc1ccc(S(C)(=O)=O)cc1. The number of aromatic nitrogens is 4. The molecule has 32 heavy (non-hydrogen) atoms. The molecule has 2 aliphatic rings. The molecule has 10 nitrogen and oxygen atoms in total. The molecule has 5 rings (SSSR count). The summed E-state index contributed by atoms with van der Waals surface area (Å²) in [5, 5.41) is 11.2. The van der Waals surface area contributed by atoms with E-state index < -0.39 is 16.1 Å². The van der Waals surface area contributed by atoms with E-state index in [-0.39, 0.29) is 10.9 Å². The van der Waals surface area contributed by atoms with E-state index in [0.717, 1.165) is 17.2 Å². The van der Waals surface area contributed by atoms with Gasteiger partial charge in [0.25, 0.3) is 0 Å². The van der Waals surface area contributed by atoms with E-state index in [9.17, 15) is 13.5 Å². The number of fused-ring (bicyclic) bond motifs is 3. The highest BCUT2D eigenvalue weighted by molar-refractivity contribution is 7.90. The Morgan fingerprint density at radius 1 is 1.22 bits per heavy atom. The van der Waals surface area contributed by atoms with Crippen LogP contribution >= 0.6 is 0 Å². The zero-order valence-corrected chi connectivity index (χ0v) is 18.6. The lowest BCUT2D eigenvalue weighted by molar-refractivity contribution is 0.0295. The molecular weight excluding hydrogens is 432 g/mol. The van der Waals surface area contributed by atoms with Crippen molar-refractivity contribution in [3.8, 4) is 5.95 Å². The van der Waals surface area contributed by atoms with E-state index in [4.69, 9.17) is 9.72 Å². The number of benzene rings is 1. The van der Waals surface area contributed by atoms with Crippen LogP contribution in [0.15, 0.2) is 47.8 Å². The number of sulfone groups is 1. The summed E-state index contributed by atoms with van der Waals surface area (Å²) in [5.74, 6) is 2.02. The molecule has 0 aliphatic carbocycles. The summed E-state index contributed by atoms with van der Waals surface area (Å²) in [6, 6.07) is 6.41. The Hall–Kier alpha value is -3.02. The molecule has 0 radical (unpaired) electrons. The van der Waals surface area contributed by atoms with Crippen LogP contribution in [0.2, 0.25) is 0 Å². The van der Waals surface area contributed by atoms with Crippen LogP contribution in [0.25, 0.3) is 5.95 Å². The number of imidazole rings is 1. The van der Waals surface area contributed by atoms with Gasteiger partial charge in [0.2, 0.25) is 5.95 Å². The first-order valence-electron chi connectivity index (χ1n) is 10.3. The molecular formula is C21H24N6O4S. The summed E-state index contributed by atoms with van der Waals surface area (Å²) in [5.41, 5.74) is 1.58. The minimum absolute atomic E-state index is 0.261. The van der Waals surface area contributed by atoms with Gasteiger partial charge < -0.3 is 19.6 Å². The van der Waals surface area contributed by atoms with Crippen molar-refractivity contribution in [3.05, 3.63) is 54.2 Å². The molecule has 3 aromatic rings. The molecule has 2 atom stereocenters. The molecule has 0 amide bonds. The highest BCUT2D eigenvalue weighted by Gasteiger charge is 2.41. The zero-order valence-electron chi connectivity index (χ0n) is 17.8. The Morgan fingerprint density at radius 3 is 2.69 bits per heavy atom. The monoisotopic (exact) mass is 456 g/mol. The summed E-state index contributed by atoms with van der Waals surface area (Å²) < 4.78 is 31.0. The molecule has 1 N–H and O–H groups in total. The number of aryl methyl sites for hydroxylation is 1. The van der Waals surface area contributed by atoms with Crippen LogP contribution in [0.1, 0.15) is 11.4 Å². The Balaban J connectivity index is 1.54. The molecule has 2 aromatic heterocycles. The fraction of sp³-hybridized carbons (Fsp3) is 0.381. The predicted octanol–water partition coefficient (Wildman–Crippen LogP) is 0.918. The fourth-order valence-corrected chi connectivity index (χ4v) is 4.81. The van der Waals surface area contributed by atoms with Gasteiger partial charge in [0, 0.05) is 31.7 Å².